The van der Waals surface area contributed by atoms with Gasteiger partial charge in [-0.2, -0.15) is 10.2 Å². The fourth-order valence-electron chi connectivity index (χ4n) is 2.48. The van der Waals surface area contributed by atoms with Gasteiger partial charge in [0.1, 0.15) is 10.9 Å². The Labute approximate surface area is 176 Å². The zero-order chi connectivity index (χ0) is 19.9. The minimum atomic E-state index is -0.373. The van der Waals surface area contributed by atoms with E-state index >= 15 is 0 Å². The normalized spacial score (nSPS) is 11.0. The molecule has 0 unspecified atom stereocenters. The van der Waals surface area contributed by atoms with E-state index < -0.39 is 0 Å². The van der Waals surface area contributed by atoms with E-state index in [0.29, 0.717) is 23.0 Å². The van der Waals surface area contributed by atoms with Crippen molar-refractivity contribution in [1.82, 2.24) is 15.2 Å². The number of rotatable bonds is 7. The largest absolute Gasteiger partial charge is 0.484 e. The molecule has 0 aliphatic heterocycles. The second kappa shape index (κ2) is 9.52. The summed E-state index contributed by atoms with van der Waals surface area (Å²) >= 11 is 9.77. The van der Waals surface area contributed by atoms with E-state index in [1.54, 1.807) is 16.8 Å². The number of benzene rings is 2. The van der Waals surface area contributed by atoms with Crippen LogP contribution in [0.25, 0.3) is 0 Å². The van der Waals surface area contributed by atoms with Crippen molar-refractivity contribution >= 4 is 39.7 Å². The molecular weight excluding hydrogens is 444 g/mol. The third-order valence-electron chi connectivity index (χ3n) is 3.83. The predicted molar refractivity (Wildman–Crippen MR) is 113 cm³/mol. The van der Waals surface area contributed by atoms with Crippen molar-refractivity contribution in [1.29, 1.82) is 0 Å². The van der Waals surface area contributed by atoms with Gasteiger partial charge in [0.25, 0.3) is 5.91 Å². The summed E-state index contributed by atoms with van der Waals surface area (Å²) in [6.07, 6.45) is 1.49. The number of carbonyl (C=O) groups excluding carboxylic acids is 1. The molecule has 1 aromatic heterocycles. The number of hydrazone groups is 1. The lowest BCUT2D eigenvalue weighted by Gasteiger charge is -2.05. The summed E-state index contributed by atoms with van der Waals surface area (Å²) in [6.45, 7) is 2.25. The van der Waals surface area contributed by atoms with Crippen LogP contribution in [0.2, 0.25) is 5.15 Å². The van der Waals surface area contributed by atoms with Crippen LogP contribution in [0.3, 0.4) is 0 Å². The summed E-state index contributed by atoms with van der Waals surface area (Å²) in [5.41, 5.74) is 4.90. The van der Waals surface area contributed by atoms with Crippen molar-refractivity contribution in [2.24, 2.45) is 5.10 Å². The summed E-state index contributed by atoms with van der Waals surface area (Å²) in [4.78, 5) is 11.9. The maximum atomic E-state index is 11.9. The van der Waals surface area contributed by atoms with E-state index in [2.05, 4.69) is 31.6 Å². The van der Waals surface area contributed by atoms with Gasteiger partial charge in [0, 0.05) is 4.47 Å². The van der Waals surface area contributed by atoms with Crippen molar-refractivity contribution in [3.63, 3.8) is 0 Å². The van der Waals surface area contributed by atoms with E-state index in [4.69, 9.17) is 16.3 Å². The summed E-state index contributed by atoms with van der Waals surface area (Å²) in [7, 11) is 0. The van der Waals surface area contributed by atoms with Gasteiger partial charge in [-0.1, -0.05) is 63.9 Å². The third kappa shape index (κ3) is 5.43. The van der Waals surface area contributed by atoms with Crippen LogP contribution in [-0.2, 0) is 11.3 Å². The van der Waals surface area contributed by atoms with Gasteiger partial charge in [0.05, 0.1) is 24.0 Å². The Balaban J connectivity index is 1.57. The lowest BCUT2D eigenvalue weighted by molar-refractivity contribution is -0.123. The molecule has 144 valence electrons. The fraction of sp³-hybridized carbons (Fsp3) is 0.150. The van der Waals surface area contributed by atoms with Gasteiger partial charge < -0.3 is 4.74 Å². The number of halogens is 2. The van der Waals surface area contributed by atoms with Gasteiger partial charge in [0.2, 0.25) is 0 Å². The molecule has 3 aromatic rings. The zero-order valence-electron chi connectivity index (χ0n) is 15.1. The Kier molecular flexibility index (Phi) is 6.84. The van der Waals surface area contributed by atoms with Gasteiger partial charge in [-0.3, -0.25) is 4.79 Å². The number of ether oxygens (including phenoxy) is 1. The standard InChI is InChI=1S/C20H18BrClN4O2/c1-14-18(20(22)26(25-14)12-15-6-3-2-4-7-15)11-23-24-19(27)13-28-17-9-5-8-16(21)10-17/h2-11H,12-13H2,1H3,(H,24,27)/b23-11+. The summed E-state index contributed by atoms with van der Waals surface area (Å²) in [5.74, 6) is 0.219. The Bertz CT molecular complexity index is 989. The summed E-state index contributed by atoms with van der Waals surface area (Å²) < 4.78 is 7.99. The number of amides is 1. The minimum absolute atomic E-state index is 0.145. The van der Waals surface area contributed by atoms with Crippen molar-refractivity contribution in [2.45, 2.75) is 13.5 Å². The van der Waals surface area contributed by atoms with Crippen LogP contribution in [0.5, 0.6) is 5.75 Å². The molecule has 1 amide bonds. The molecule has 0 aliphatic rings. The lowest BCUT2D eigenvalue weighted by Crippen LogP contribution is -2.24. The van der Waals surface area contributed by atoms with Crippen molar-refractivity contribution in [3.8, 4) is 5.75 Å². The van der Waals surface area contributed by atoms with Crippen LogP contribution in [0.4, 0.5) is 0 Å². The second-order valence-electron chi connectivity index (χ2n) is 5.97. The molecule has 1 N–H and O–H groups in total. The summed E-state index contributed by atoms with van der Waals surface area (Å²) in [5, 5.41) is 8.86. The molecule has 3 rings (SSSR count). The molecule has 0 aliphatic carbocycles. The van der Waals surface area contributed by atoms with Crippen molar-refractivity contribution in [2.75, 3.05) is 6.61 Å². The average Bonchev–Trinajstić information content (AvgIpc) is 2.94. The number of aromatic nitrogens is 2. The molecule has 0 spiro atoms. The SMILES string of the molecule is Cc1nn(Cc2ccccc2)c(Cl)c1/C=N/NC(=O)COc1cccc(Br)c1. The van der Waals surface area contributed by atoms with E-state index in [1.807, 2.05) is 49.4 Å². The monoisotopic (exact) mass is 460 g/mol. The topological polar surface area (TPSA) is 68.5 Å². The molecule has 0 bridgehead atoms. The Morgan fingerprint density at radius 3 is 2.82 bits per heavy atom. The van der Waals surface area contributed by atoms with Crippen molar-refractivity contribution in [3.05, 3.63) is 81.0 Å². The van der Waals surface area contributed by atoms with Gasteiger partial charge in [-0.05, 0) is 30.7 Å². The first-order valence-electron chi connectivity index (χ1n) is 8.50. The Morgan fingerprint density at radius 2 is 2.07 bits per heavy atom. The number of nitrogens with zero attached hydrogens (tertiary/aromatic N) is 3. The van der Waals surface area contributed by atoms with E-state index in [1.165, 1.54) is 6.21 Å². The quantitative estimate of drug-likeness (QED) is 0.424. The first kappa shape index (κ1) is 20.1. The molecule has 8 heteroatoms. The van der Waals surface area contributed by atoms with Crippen LogP contribution in [0.1, 0.15) is 16.8 Å². The molecular formula is C20H18BrClN4O2. The molecule has 6 nitrogen and oxygen atoms in total. The Hall–Kier alpha value is -2.64. The number of carbonyl (C=O) groups is 1. The molecule has 0 fully saturated rings. The maximum absolute atomic E-state index is 11.9. The molecule has 0 saturated carbocycles. The molecule has 0 atom stereocenters. The van der Waals surface area contributed by atoms with Crippen LogP contribution in [0.15, 0.2) is 64.2 Å². The predicted octanol–water partition coefficient (Wildman–Crippen LogP) is 4.18. The molecule has 0 saturated heterocycles. The highest BCUT2D eigenvalue weighted by Gasteiger charge is 2.12. The van der Waals surface area contributed by atoms with Crippen LogP contribution in [0, 0.1) is 6.92 Å². The number of hydrogen-bond acceptors (Lipinski definition) is 4. The highest BCUT2D eigenvalue weighted by Crippen LogP contribution is 2.19. The fourth-order valence-corrected chi connectivity index (χ4v) is 3.14. The number of nitrogens with one attached hydrogen (secondary N) is 1. The van der Waals surface area contributed by atoms with Crippen LogP contribution < -0.4 is 10.2 Å². The third-order valence-corrected chi connectivity index (χ3v) is 4.73. The minimum Gasteiger partial charge on any atom is -0.484 e. The molecule has 1 heterocycles. The first-order chi connectivity index (χ1) is 13.5. The average molecular weight is 462 g/mol. The number of aryl methyl sites for hydroxylation is 1. The second-order valence-corrected chi connectivity index (χ2v) is 7.25. The first-order valence-corrected chi connectivity index (χ1v) is 9.67. The molecule has 0 radical (unpaired) electrons. The summed E-state index contributed by atoms with van der Waals surface area (Å²) in [6, 6.07) is 17.2. The van der Waals surface area contributed by atoms with E-state index in [9.17, 15) is 4.79 Å². The van der Waals surface area contributed by atoms with Crippen LogP contribution in [-0.4, -0.2) is 28.5 Å². The molecule has 2 aromatic carbocycles. The van der Waals surface area contributed by atoms with Gasteiger partial charge in [-0.15, -0.1) is 0 Å². The highest BCUT2D eigenvalue weighted by molar-refractivity contribution is 9.10. The van der Waals surface area contributed by atoms with Crippen molar-refractivity contribution < 1.29 is 9.53 Å². The highest BCUT2D eigenvalue weighted by atomic mass is 79.9. The van der Waals surface area contributed by atoms with Gasteiger partial charge in [0.15, 0.2) is 6.61 Å². The van der Waals surface area contributed by atoms with Gasteiger partial charge >= 0.3 is 0 Å². The molecule has 28 heavy (non-hydrogen) atoms. The zero-order valence-corrected chi connectivity index (χ0v) is 17.4. The van der Waals surface area contributed by atoms with Gasteiger partial charge in [-0.25, -0.2) is 10.1 Å². The Morgan fingerprint density at radius 1 is 1.29 bits per heavy atom. The lowest BCUT2D eigenvalue weighted by atomic mass is 10.2. The van der Waals surface area contributed by atoms with Crippen LogP contribution >= 0.6 is 27.5 Å². The smallest absolute Gasteiger partial charge is 0.277 e. The number of hydrogen-bond donors (Lipinski definition) is 1. The maximum Gasteiger partial charge on any atom is 0.277 e. The van der Waals surface area contributed by atoms with E-state index in [-0.39, 0.29) is 12.5 Å². The van der Waals surface area contributed by atoms with E-state index in [0.717, 1.165) is 15.7 Å².